The third-order valence-electron chi connectivity index (χ3n) is 4.12. The predicted octanol–water partition coefficient (Wildman–Crippen LogP) is 3.35. The molecule has 0 spiro atoms. The number of nitrogens with zero attached hydrogens (tertiary/aromatic N) is 3. The predicted molar refractivity (Wildman–Crippen MR) is 92.6 cm³/mol. The van der Waals surface area contributed by atoms with E-state index in [1.165, 1.54) is 30.3 Å². The second-order valence-electron chi connectivity index (χ2n) is 5.68. The number of carbonyl (C=O) groups excluding carboxylic acids is 1. The van der Waals surface area contributed by atoms with Crippen LogP contribution < -0.4 is 4.90 Å². The molecular formula is C17H15ClFN3O3. The molecule has 0 N–H and O–H groups in total. The van der Waals surface area contributed by atoms with Crippen molar-refractivity contribution in [3.63, 3.8) is 0 Å². The molecule has 2 aromatic carbocycles. The molecule has 1 fully saturated rings. The topological polar surface area (TPSA) is 66.7 Å². The molecular weight excluding hydrogens is 349 g/mol. The number of anilines is 1. The van der Waals surface area contributed by atoms with Crippen LogP contribution in [0.2, 0.25) is 5.02 Å². The number of non-ortho nitro benzene ring substituents is 1. The molecule has 1 amide bonds. The molecule has 0 atom stereocenters. The molecule has 130 valence electrons. The second-order valence-corrected chi connectivity index (χ2v) is 6.09. The Morgan fingerprint density at radius 3 is 2.44 bits per heavy atom. The van der Waals surface area contributed by atoms with Gasteiger partial charge in [0.1, 0.15) is 5.82 Å². The summed E-state index contributed by atoms with van der Waals surface area (Å²) in [6.07, 6.45) is 0. The number of carbonyl (C=O) groups is 1. The molecule has 1 saturated heterocycles. The van der Waals surface area contributed by atoms with Crippen molar-refractivity contribution in [1.29, 1.82) is 0 Å². The van der Waals surface area contributed by atoms with Gasteiger partial charge in [-0.3, -0.25) is 14.9 Å². The minimum absolute atomic E-state index is 0.0614. The summed E-state index contributed by atoms with van der Waals surface area (Å²) in [5.74, 6) is -0.656. The number of benzene rings is 2. The molecule has 0 aliphatic carbocycles. The van der Waals surface area contributed by atoms with Crippen molar-refractivity contribution < 1.29 is 14.1 Å². The lowest BCUT2D eigenvalue weighted by Crippen LogP contribution is -2.48. The molecule has 0 bridgehead atoms. The fourth-order valence-corrected chi connectivity index (χ4v) is 3.11. The van der Waals surface area contributed by atoms with Crippen LogP contribution in [0.15, 0.2) is 42.5 Å². The Labute approximate surface area is 148 Å². The molecule has 0 aromatic heterocycles. The van der Waals surface area contributed by atoms with Crippen LogP contribution in [0.1, 0.15) is 10.4 Å². The third-order valence-corrected chi connectivity index (χ3v) is 4.42. The first kappa shape index (κ1) is 17.2. The zero-order chi connectivity index (χ0) is 18.0. The third kappa shape index (κ3) is 3.71. The van der Waals surface area contributed by atoms with Crippen LogP contribution in [0.5, 0.6) is 0 Å². The molecule has 0 radical (unpaired) electrons. The number of hydrogen-bond acceptors (Lipinski definition) is 4. The quantitative estimate of drug-likeness (QED) is 0.619. The van der Waals surface area contributed by atoms with Crippen LogP contribution in [-0.4, -0.2) is 41.9 Å². The van der Waals surface area contributed by atoms with E-state index >= 15 is 0 Å². The Balaban J connectivity index is 1.68. The number of rotatable bonds is 3. The zero-order valence-electron chi connectivity index (χ0n) is 13.2. The van der Waals surface area contributed by atoms with Crippen LogP contribution in [-0.2, 0) is 0 Å². The Morgan fingerprint density at radius 1 is 1.12 bits per heavy atom. The largest absolute Gasteiger partial charge is 0.367 e. The maximum Gasteiger partial charge on any atom is 0.271 e. The van der Waals surface area contributed by atoms with Gasteiger partial charge in [0, 0.05) is 43.9 Å². The molecule has 1 aliphatic heterocycles. The number of halogens is 2. The summed E-state index contributed by atoms with van der Waals surface area (Å²) in [7, 11) is 0. The first-order chi connectivity index (χ1) is 12.0. The van der Waals surface area contributed by atoms with E-state index in [1.807, 2.05) is 4.90 Å². The highest BCUT2D eigenvalue weighted by Crippen LogP contribution is 2.30. The van der Waals surface area contributed by atoms with E-state index in [2.05, 4.69) is 0 Å². The monoisotopic (exact) mass is 363 g/mol. The minimum atomic E-state index is -0.495. The second kappa shape index (κ2) is 7.06. The van der Waals surface area contributed by atoms with E-state index in [9.17, 15) is 19.3 Å². The standard InChI is InChI=1S/C17H15ClFN3O3/c18-15-11-14(22(24)25)4-5-16(15)20-6-8-21(9-7-20)17(23)12-2-1-3-13(19)10-12/h1-5,10-11H,6-9H2. The van der Waals surface area contributed by atoms with Gasteiger partial charge in [-0.1, -0.05) is 17.7 Å². The van der Waals surface area contributed by atoms with Gasteiger partial charge in [-0.05, 0) is 24.3 Å². The van der Waals surface area contributed by atoms with Crippen LogP contribution in [0, 0.1) is 15.9 Å². The summed E-state index contributed by atoms with van der Waals surface area (Å²) < 4.78 is 13.3. The molecule has 25 heavy (non-hydrogen) atoms. The van der Waals surface area contributed by atoms with Gasteiger partial charge in [-0.2, -0.15) is 0 Å². The molecule has 1 heterocycles. The average molecular weight is 364 g/mol. The summed E-state index contributed by atoms with van der Waals surface area (Å²) in [5.41, 5.74) is 0.959. The van der Waals surface area contributed by atoms with Gasteiger partial charge in [0.2, 0.25) is 0 Å². The summed E-state index contributed by atoms with van der Waals surface area (Å²) >= 11 is 6.15. The lowest BCUT2D eigenvalue weighted by molar-refractivity contribution is -0.384. The van der Waals surface area contributed by atoms with E-state index in [4.69, 9.17) is 11.6 Å². The van der Waals surface area contributed by atoms with Crippen molar-refractivity contribution in [3.05, 3.63) is 69.0 Å². The first-order valence-corrected chi connectivity index (χ1v) is 8.07. The van der Waals surface area contributed by atoms with Crippen LogP contribution in [0.25, 0.3) is 0 Å². The molecule has 1 aliphatic rings. The highest BCUT2D eigenvalue weighted by molar-refractivity contribution is 6.33. The van der Waals surface area contributed by atoms with E-state index in [1.54, 1.807) is 17.0 Å². The summed E-state index contributed by atoms with van der Waals surface area (Å²) in [6, 6.07) is 9.96. The number of nitro groups is 1. The molecule has 6 nitrogen and oxygen atoms in total. The summed E-state index contributed by atoms with van der Waals surface area (Å²) in [4.78, 5) is 26.3. The van der Waals surface area contributed by atoms with Gasteiger partial charge in [-0.15, -0.1) is 0 Å². The van der Waals surface area contributed by atoms with Crippen LogP contribution >= 0.6 is 11.6 Å². The zero-order valence-corrected chi connectivity index (χ0v) is 13.9. The van der Waals surface area contributed by atoms with E-state index in [-0.39, 0.29) is 11.6 Å². The Morgan fingerprint density at radius 2 is 1.84 bits per heavy atom. The normalized spacial score (nSPS) is 14.5. The van der Waals surface area contributed by atoms with Gasteiger partial charge in [-0.25, -0.2) is 4.39 Å². The highest BCUT2D eigenvalue weighted by Gasteiger charge is 2.24. The van der Waals surface area contributed by atoms with Crippen molar-refractivity contribution >= 4 is 28.9 Å². The van der Waals surface area contributed by atoms with Crippen molar-refractivity contribution in [2.45, 2.75) is 0 Å². The van der Waals surface area contributed by atoms with E-state index in [0.717, 1.165) is 0 Å². The summed E-state index contributed by atoms with van der Waals surface area (Å²) in [5, 5.41) is 11.1. The van der Waals surface area contributed by atoms with Gasteiger partial charge < -0.3 is 9.80 Å². The maximum atomic E-state index is 13.3. The SMILES string of the molecule is O=C(c1cccc(F)c1)N1CCN(c2ccc([N+](=O)[O-])cc2Cl)CC1. The van der Waals surface area contributed by atoms with Crippen LogP contribution in [0.4, 0.5) is 15.8 Å². The Bertz CT molecular complexity index is 823. The lowest BCUT2D eigenvalue weighted by Gasteiger charge is -2.36. The van der Waals surface area contributed by atoms with Crippen LogP contribution in [0.3, 0.4) is 0 Å². The number of amides is 1. The molecule has 3 rings (SSSR count). The number of nitro benzene ring substituents is 1. The molecule has 0 unspecified atom stereocenters. The fourth-order valence-electron chi connectivity index (χ4n) is 2.82. The van der Waals surface area contributed by atoms with E-state index in [0.29, 0.717) is 42.5 Å². The average Bonchev–Trinajstić information content (AvgIpc) is 2.61. The van der Waals surface area contributed by atoms with Crippen molar-refractivity contribution in [2.75, 3.05) is 31.1 Å². The highest BCUT2D eigenvalue weighted by atomic mass is 35.5. The Kier molecular flexibility index (Phi) is 4.85. The Hall–Kier alpha value is -2.67. The summed E-state index contributed by atoms with van der Waals surface area (Å²) in [6.45, 7) is 2.00. The number of hydrogen-bond donors (Lipinski definition) is 0. The van der Waals surface area contributed by atoms with Gasteiger partial charge >= 0.3 is 0 Å². The smallest absolute Gasteiger partial charge is 0.271 e. The van der Waals surface area contributed by atoms with Crippen molar-refractivity contribution in [3.8, 4) is 0 Å². The van der Waals surface area contributed by atoms with Gasteiger partial charge in [0.05, 0.1) is 15.6 Å². The number of piperazine rings is 1. The van der Waals surface area contributed by atoms with E-state index < -0.39 is 10.7 Å². The van der Waals surface area contributed by atoms with Crippen molar-refractivity contribution in [1.82, 2.24) is 4.90 Å². The van der Waals surface area contributed by atoms with Crippen molar-refractivity contribution in [2.24, 2.45) is 0 Å². The molecule has 0 saturated carbocycles. The molecule has 8 heteroatoms. The maximum absolute atomic E-state index is 13.3. The lowest BCUT2D eigenvalue weighted by atomic mass is 10.1. The minimum Gasteiger partial charge on any atom is -0.367 e. The first-order valence-electron chi connectivity index (χ1n) is 7.69. The van der Waals surface area contributed by atoms with Gasteiger partial charge in [0.25, 0.3) is 11.6 Å². The molecule has 2 aromatic rings. The fraction of sp³-hybridized carbons (Fsp3) is 0.235. The van der Waals surface area contributed by atoms with Gasteiger partial charge in [0.15, 0.2) is 0 Å².